The largest absolute Gasteiger partial charge is 0.478 e. The predicted octanol–water partition coefficient (Wildman–Crippen LogP) is 3.31. The van der Waals surface area contributed by atoms with Crippen LogP contribution in [0.1, 0.15) is 12.0 Å². The van der Waals surface area contributed by atoms with Gasteiger partial charge in [0.1, 0.15) is 5.75 Å². The van der Waals surface area contributed by atoms with E-state index >= 15 is 0 Å². The van der Waals surface area contributed by atoms with Gasteiger partial charge < -0.3 is 10.1 Å². The van der Waals surface area contributed by atoms with Crippen molar-refractivity contribution in [2.24, 2.45) is 0 Å². The number of thioether (sulfide) groups is 1. The molecule has 0 bridgehead atoms. The highest BCUT2D eigenvalue weighted by Gasteiger charge is 2.30. The summed E-state index contributed by atoms with van der Waals surface area (Å²) in [6.45, 7) is 0.693. The molecule has 9 heteroatoms. The molecule has 0 aliphatic carbocycles. The number of carbonyl (C=O) groups excluding carboxylic acids is 1. The van der Waals surface area contributed by atoms with Crippen LogP contribution in [0.5, 0.6) is 5.75 Å². The maximum Gasteiger partial charge on any atom is 0.261 e. The van der Waals surface area contributed by atoms with E-state index in [1.54, 1.807) is 36.0 Å². The Bertz CT molecular complexity index is 968. The molecule has 3 rings (SSSR count). The summed E-state index contributed by atoms with van der Waals surface area (Å²) in [5.74, 6) is 1.72. The first kappa shape index (κ1) is 21.8. The third-order valence-corrected chi connectivity index (χ3v) is 6.84. The molecule has 1 aliphatic heterocycles. The Morgan fingerprint density at radius 2 is 2.07 bits per heavy atom. The third-order valence-electron chi connectivity index (χ3n) is 4.39. The maximum atomic E-state index is 12.6. The molecule has 6 nitrogen and oxygen atoms in total. The van der Waals surface area contributed by atoms with Crippen molar-refractivity contribution in [1.29, 1.82) is 0 Å². The monoisotopic (exact) mass is 454 g/mol. The lowest BCUT2D eigenvalue weighted by Crippen LogP contribution is -2.40. The number of nitrogens with zero attached hydrogens (tertiary/aromatic N) is 1. The second-order valence-electron chi connectivity index (χ2n) is 6.67. The highest BCUT2D eigenvalue weighted by atomic mass is 35.5. The number of nitrogens with one attached hydrogen (secondary N) is 1. The van der Waals surface area contributed by atoms with Crippen LogP contribution < -0.4 is 14.4 Å². The second-order valence-corrected chi connectivity index (χ2v) is 10.1. The van der Waals surface area contributed by atoms with Crippen molar-refractivity contribution in [1.82, 2.24) is 5.32 Å². The van der Waals surface area contributed by atoms with Gasteiger partial charge in [0, 0.05) is 36.0 Å². The van der Waals surface area contributed by atoms with E-state index in [0.29, 0.717) is 23.0 Å². The zero-order chi connectivity index (χ0) is 20.9. The minimum absolute atomic E-state index is 0.192. The van der Waals surface area contributed by atoms with Crippen molar-refractivity contribution in [3.8, 4) is 5.75 Å². The van der Waals surface area contributed by atoms with Gasteiger partial charge in [0.2, 0.25) is 10.0 Å². The quantitative estimate of drug-likeness (QED) is 0.649. The summed E-state index contributed by atoms with van der Waals surface area (Å²) in [4.78, 5) is 12.6. The average molecular weight is 455 g/mol. The molecule has 0 fully saturated rings. The summed E-state index contributed by atoms with van der Waals surface area (Å²) in [5.41, 5.74) is 1.60. The molecule has 0 radical (unpaired) electrons. The van der Waals surface area contributed by atoms with E-state index in [9.17, 15) is 13.2 Å². The fourth-order valence-corrected chi connectivity index (χ4v) is 5.00. The van der Waals surface area contributed by atoms with E-state index in [2.05, 4.69) is 5.32 Å². The summed E-state index contributed by atoms with van der Waals surface area (Å²) < 4.78 is 31.4. The first-order valence-corrected chi connectivity index (χ1v) is 12.6. The number of hydrogen-bond donors (Lipinski definition) is 1. The summed E-state index contributed by atoms with van der Waals surface area (Å²) in [6, 6.07) is 14.6. The molecule has 0 aromatic heterocycles. The van der Waals surface area contributed by atoms with Gasteiger partial charge in [-0.05, 0) is 29.8 Å². The van der Waals surface area contributed by atoms with Crippen LogP contribution in [-0.4, -0.2) is 45.5 Å². The zero-order valence-electron chi connectivity index (χ0n) is 16.0. The van der Waals surface area contributed by atoms with Gasteiger partial charge in [-0.15, -0.1) is 0 Å². The van der Waals surface area contributed by atoms with Crippen LogP contribution in [0, 0.1) is 0 Å². The second kappa shape index (κ2) is 9.73. The van der Waals surface area contributed by atoms with Crippen LogP contribution in [0.4, 0.5) is 5.69 Å². The Morgan fingerprint density at radius 3 is 2.83 bits per heavy atom. The number of para-hydroxylation sites is 2. The average Bonchev–Trinajstić information content (AvgIpc) is 2.87. The molecule has 156 valence electrons. The first-order chi connectivity index (χ1) is 13.8. The van der Waals surface area contributed by atoms with E-state index in [1.807, 2.05) is 24.3 Å². The summed E-state index contributed by atoms with van der Waals surface area (Å²) in [6.07, 6.45) is 0.700. The molecule has 0 saturated heterocycles. The number of hydrogen-bond acceptors (Lipinski definition) is 5. The van der Waals surface area contributed by atoms with Gasteiger partial charge in [0.05, 0.1) is 11.9 Å². The smallest absolute Gasteiger partial charge is 0.261 e. The maximum absolute atomic E-state index is 12.6. The van der Waals surface area contributed by atoms with Crippen LogP contribution >= 0.6 is 23.4 Å². The van der Waals surface area contributed by atoms with Gasteiger partial charge in [-0.2, -0.15) is 11.8 Å². The standard InChI is InChI=1S/C20H23ClN2O4S2/c1-29(25,26)23-11-9-19(27-18-8-3-2-7-17(18)23)20(24)22-10-12-28-14-15-5-4-6-16(21)13-15/h2-8,13,19H,9-12,14H2,1H3,(H,22,24). The van der Waals surface area contributed by atoms with Crippen molar-refractivity contribution in [3.63, 3.8) is 0 Å². The molecule has 29 heavy (non-hydrogen) atoms. The first-order valence-electron chi connectivity index (χ1n) is 9.18. The third kappa shape index (κ3) is 6.04. The van der Waals surface area contributed by atoms with Gasteiger partial charge in [0.25, 0.3) is 5.91 Å². The number of amides is 1. The van der Waals surface area contributed by atoms with Crippen molar-refractivity contribution in [3.05, 3.63) is 59.1 Å². The zero-order valence-corrected chi connectivity index (χ0v) is 18.4. The Kier molecular flexibility index (Phi) is 7.32. The lowest BCUT2D eigenvalue weighted by Gasteiger charge is -2.20. The van der Waals surface area contributed by atoms with Crippen LogP contribution in [0.3, 0.4) is 0 Å². The highest BCUT2D eigenvalue weighted by molar-refractivity contribution is 7.98. The number of fused-ring (bicyclic) bond motifs is 1. The van der Waals surface area contributed by atoms with Crippen molar-refractivity contribution in [2.75, 3.05) is 29.4 Å². The molecule has 0 saturated carbocycles. The lowest BCUT2D eigenvalue weighted by atomic mass is 10.2. The van der Waals surface area contributed by atoms with Crippen LogP contribution in [0.25, 0.3) is 0 Å². The van der Waals surface area contributed by atoms with Gasteiger partial charge >= 0.3 is 0 Å². The molecule has 0 spiro atoms. The van der Waals surface area contributed by atoms with E-state index in [0.717, 1.165) is 23.3 Å². The fourth-order valence-electron chi connectivity index (χ4n) is 3.04. The van der Waals surface area contributed by atoms with Gasteiger partial charge in [-0.1, -0.05) is 35.9 Å². The molecule has 1 atom stereocenters. The topological polar surface area (TPSA) is 75.7 Å². The number of anilines is 1. The van der Waals surface area contributed by atoms with Crippen molar-refractivity contribution < 1.29 is 17.9 Å². The molecular formula is C20H23ClN2O4S2. The SMILES string of the molecule is CS(=O)(=O)N1CCC(C(=O)NCCSCc2cccc(Cl)c2)Oc2ccccc21. The molecule has 1 aliphatic rings. The van der Waals surface area contributed by atoms with E-state index in [1.165, 1.54) is 4.31 Å². The minimum Gasteiger partial charge on any atom is -0.478 e. The van der Waals surface area contributed by atoms with E-state index in [-0.39, 0.29) is 18.9 Å². The van der Waals surface area contributed by atoms with Gasteiger partial charge in [-0.3, -0.25) is 9.10 Å². The molecule has 1 unspecified atom stereocenters. The summed E-state index contributed by atoms with van der Waals surface area (Å²) in [7, 11) is -3.46. The molecule has 1 N–H and O–H groups in total. The Balaban J connectivity index is 1.52. The highest BCUT2D eigenvalue weighted by Crippen LogP contribution is 2.33. The predicted molar refractivity (Wildman–Crippen MR) is 118 cm³/mol. The molecule has 2 aromatic rings. The van der Waals surface area contributed by atoms with E-state index in [4.69, 9.17) is 16.3 Å². The Labute approximate surface area is 180 Å². The number of benzene rings is 2. The van der Waals surface area contributed by atoms with Crippen molar-refractivity contribution in [2.45, 2.75) is 18.3 Å². The molecule has 2 aromatic carbocycles. The van der Waals surface area contributed by atoms with Crippen LogP contribution in [0.2, 0.25) is 5.02 Å². The number of carbonyl (C=O) groups is 1. The molecule has 1 heterocycles. The number of ether oxygens (including phenoxy) is 1. The lowest BCUT2D eigenvalue weighted by molar-refractivity contribution is -0.127. The Hall–Kier alpha value is -1.90. The number of sulfonamides is 1. The Morgan fingerprint density at radius 1 is 1.28 bits per heavy atom. The fraction of sp³-hybridized carbons (Fsp3) is 0.350. The summed E-state index contributed by atoms with van der Waals surface area (Å²) >= 11 is 7.68. The van der Waals surface area contributed by atoms with Gasteiger partial charge in [0.15, 0.2) is 6.10 Å². The van der Waals surface area contributed by atoms with E-state index < -0.39 is 16.1 Å². The number of halogens is 1. The molecular weight excluding hydrogens is 432 g/mol. The van der Waals surface area contributed by atoms with Gasteiger partial charge in [-0.25, -0.2) is 8.42 Å². The van der Waals surface area contributed by atoms with Crippen LogP contribution in [0.15, 0.2) is 48.5 Å². The summed E-state index contributed by atoms with van der Waals surface area (Å²) in [5, 5.41) is 3.60. The van der Waals surface area contributed by atoms with Crippen LogP contribution in [-0.2, 0) is 20.6 Å². The molecule has 1 amide bonds. The minimum atomic E-state index is -3.46. The normalized spacial score (nSPS) is 16.5. The van der Waals surface area contributed by atoms with Crippen molar-refractivity contribution >= 4 is 45.0 Å². The number of rotatable bonds is 7.